The summed E-state index contributed by atoms with van der Waals surface area (Å²) in [4.78, 5) is 4.34. The number of para-hydroxylation sites is 1. The number of aromatic nitrogens is 1. The maximum absolute atomic E-state index is 12.9. The number of sulfone groups is 1. The second-order valence-corrected chi connectivity index (χ2v) is 15.5. The molecule has 2 aromatic rings. The van der Waals surface area contributed by atoms with E-state index in [0.717, 1.165) is 28.3 Å². The predicted molar refractivity (Wildman–Crippen MR) is 113 cm³/mol. The van der Waals surface area contributed by atoms with E-state index in [4.69, 9.17) is 4.43 Å². The minimum absolute atomic E-state index is 0.0570. The van der Waals surface area contributed by atoms with Crippen molar-refractivity contribution < 1.29 is 12.8 Å². The van der Waals surface area contributed by atoms with Crippen LogP contribution in [-0.4, -0.2) is 33.1 Å². The Kier molecular flexibility index (Phi) is 6.70. The van der Waals surface area contributed by atoms with Crippen LogP contribution in [0.5, 0.6) is 0 Å². The van der Waals surface area contributed by atoms with Gasteiger partial charge in [0.1, 0.15) is 0 Å². The summed E-state index contributed by atoms with van der Waals surface area (Å²) in [5.41, 5.74) is 0.270. The second-order valence-electron chi connectivity index (χ2n) is 7.58. The van der Waals surface area contributed by atoms with E-state index in [0.29, 0.717) is 0 Å². The van der Waals surface area contributed by atoms with Gasteiger partial charge in [-0.3, -0.25) is 0 Å². The lowest BCUT2D eigenvalue weighted by atomic mass is 9.95. The van der Waals surface area contributed by atoms with E-state index in [1.165, 1.54) is 11.3 Å². The first-order valence-electron chi connectivity index (χ1n) is 9.37. The van der Waals surface area contributed by atoms with Crippen LogP contribution in [0.4, 0.5) is 0 Å². The molecule has 0 unspecified atom stereocenters. The molecule has 0 radical (unpaired) electrons. The summed E-state index contributed by atoms with van der Waals surface area (Å²) in [6, 6.07) is 10.7. The topological polar surface area (TPSA) is 56.3 Å². The van der Waals surface area contributed by atoms with Crippen molar-refractivity contribution in [1.82, 2.24) is 4.98 Å². The summed E-state index contributed by atoms with van der Waals surface area (Å²) in [5, 5.41) is 0. The Balaban J connectivity index is 2.22. The maximum atomic E-state index is 12.9. The molecule has 0 spiro atoms. The van der Waals surface area contributed by atoms with E-state index in [9.17, 15) is 8.42 Å². The number of benzene rings is 1. The molecule has 4 nitrogen and oxygen atoms in total. The van der Waals surface area contributed by atoms with Gasteiger partial charge in [0.25, 0.3) is 0 Å². The molecular formula is C19H31NO3S2Si. The number of rotatable bonds is 9. The minimum atomic E-state index is -3.44. The van der Waals surface area contributed by atoms with Crippen LogP contribution in [0, 0.1) is 5.92 Å². The molecule has 1 aromatic heterocycles. The van der Waals surface area contributed by atoms with Crippen molar-refractivity contribution in [3.05, 3.63) is 24.3 Å². The van der Waals surface area contributed by atoms with E-state index in [2.05, 4.69) is 25.8 Å². The van der Waals surface area contributed by atoms with Gasteiger partial charge >= 0.3 is 0 Å². The standard InChI is InChI=1S/C19H31NO3S2Si/c1-7-26(8-2,9-3)23-19(5,6)15(4)14-25(21,22)18-20-16-12-10-11-13-17(16)24-18/h10-13,15H,7-9,14H2,1-6H3/t15-/m0/s1. The van der Waals surface area contributed by atoms with E-state index in [1.807, 2.05) is 45.0 Å². The van der Waals surface area contributed by atoms with Crippen molar-refractivity contribution >= 4 is 39.7 Å². The van der Waals surface area contributed by atoms with E-state index in [1.54, 1.807) is 0 Å². The molecule has 1 aromatic carbocycles. The highest BCUT2D eigenvalue weighted by Gasteiger charge is 2.40. The number of thiazole rings is 1. The highest BCUT2D eigenvalue weighted by Crippen LogP contribution is 2.34. The predicted octanol–water partition coefficient (Wildman–Crippen LogP) is 5.51. The Morgan fingerprint density at radius 3 is 2.27 bits per heavy atom. The first kappa shape index (κ1) is 21.5. The third kappa shape index (κ3) is 4.55. The van der Waals surface area contributed by atoms with Gasteiger partial charge in [-0.05, 0) is 50.0 Å². The molecule has 0 aliphatic heterocycles. The molecule has 7 heteroatoms. The molecule has 0 N–H and O–H groups in total. The van der Waals surface area contributed by atoms with E-state index < -0.39 is 23.8 Å². The van der Waals surface area contributed by atoms with Crippen molar-refractivity contribution in [2.45, 2.75) is 69.6 Å². The van der Waals surface area contributed by atoms with Crippen LogP contribution in [0.25, 0.3) is 10.2 Å². The fraction of sp³-hybridized carbons (Fsp3) is 0.632. The Labute approximate surface area is 163 Å². The van der Waals surface area contributed by atoms with Crippen LogP contribution in [0.1, 0.15) is 41.5 Å². The van der Waals surface area contributed by atoms with Crippen molar-refractivity contribution in [3.63, 3.8) is 0 Å². The largest absolute Gasteiger partial charge is 0.412 e. The van der Waals surface area contributed by atoms with Gasteiger partial charge in [0.05, 0.1) is 21.6 Å². The quantitative estimate of drug-likeness (QED) is 0.509. The minimum Gasteiger partial charge on any atom is -0.412 e. The van der Waals surface area contributed by atoms with Gasteiger partial charge in [0.15, 0.2) is 8.32 Å². The Bertz CT molecular complexity index is 800. The fourth-order valence-corrected chi connectivity index (χ4v) is 9.58. The van der Waals surface area contributed by atoms with Gasteiger partial charge in [-0.1, -0.05) is 39.8 Å². The lowest BCUT2D eigenvalue weighted by Gasteiger charge is -2.41. The van der Waals surface area contributed by atoms with Gasteiger partial charge in [0, 0.05) is 0 Å². The molecule has 0 saturated heterocycles. The van der Waals surface area contributed by atoms with E-state index in [-0.39, 0.29) is 16.0 Å². The number of fused-ring (bicyclic) bond motifs is 1. The first-order valence-corrected chi connectivity index (χ1v) is 14.4. The van der Waals surface area contributed by atoms with Gasteiger partial charge in [0.2, 0.25) is 14.2 Å². The van der Waals surface area contributed by atoms with Crippen molar-refractivity contribution in [1.29, 1.82) is 0 Å². The monoisotopic (exact) mass is 413 g/mol. The third-order valence-corrected chi connectivity index (χ3v) is 13.8. The molecule has 2 rings (SSSR count). The molecule has 0 amide bonds. The normalized spacial score (nSPS) is 14.7. The van der Waals surface area contributed by atoms with Gasteiger partial charge in [-0.15, -0.1) is 11.3 Å². The molecule has 0 aliphatic rings. The summed E-state index contributed by atoms with van der Waals surface area (Å²) in [5.74, 6) is -0.0578. The molecule has 1 heterocycles. The summed E-state index contributed by atoms with van der Waals surface area (Å²) in [6.45, 7) is 12.6. The van der Waals surface area contributed by atoms with Crippen LogP contribution in [0.2, 0.25) is 18.1 Å². The number of hydrogen-bond donors (Lipinski definition) is 0. The highest BCUT2D eigenvalue weighted by molar-refractivity contribution is 7.93. The SMILES string of the molecule is CC[Si](CC)(CC)OC(C)(C)[C@@H](C)CS(=O)(=O)c1nc2ccccc2s1. The van der Waals surface area contributed by atoms with Crippen molar-refractivity contribution in [2.75, 3.05) is 5.75 Å². The summed E-state index contributed by atoms with van der Waals surface area (Å²) >= 11 is 1.25. The zero-order chi connectivity index (χ0) is 19.6. The molecule has 0 saturated carbocycles. The van der Waals surface area contributed by atoms with Crippen LogP contribution < -0.4 is 0 Å². The molecule has 26 heavy (non-hydrogen) atoms. The Morgan fingerprint density at radius 1 is 1.15 bits per heavy atom. The molecule has 0 fully saturated rings. The average Bonchev–Trinajstić information content (AvgIpc) is 3.04. The maximum Gasteiger partial charge on any atom is 0.210 e. The van der Waals surface area contributed by atoms with E-state index >= 15 is 0 Å². The Hall–Kier alpha value is -0.763. The first-order chi connectivity index (χ1) is 12.1. The lowest BCUT2D eigenvalue weighted by Crippen LogP contribution is -2.48. The molecule has 1 atom stereocenters. The van der Waals surface area contributed by atoms with Crippen molar-refractivity contribution in [3.8, 4) is 0 Å². The lowest BCUT2D eigenvalue weighted by molar-refractivity contribution is 0.0488. The zero-order valence-corrected chi connectivity index (χ0v) is 19.3. The average molecular weight is 414 g/mol. The molecule has 0 bridgehead atoms. The molecular weight excluding hydrogens is 382 g/mol. The van der Waals surface area contributed by atoms with Crippen LogP contribution in [-0.2, 0) is 14.3 Å². The van der Waals surface area contributed by atoms with Crippen LogP contribution in [0.15, 0.2) is 28.6 Å². The summed E-state index contributed by atoms with van der Waals surface area (Å²) in [7, 11) is -5.24. The van der Waals surface area contributed by atoms with Crippen molar-refractivity contribution in [2.24, 2.45) is 5.92 Å². The third-order valence-electron chi connectivity index (χ3n) is 5.61. The van der Waals surface area contributed by atoms with Crippen LogP contribution >= 0.6 is 11.3 Å². The van der Waals surface area contributed by atoms with Gasteiger partial charge in [-0.2, -0.15) is 0 Å². The molecule has 0 aliphatic carbocycles. The number of hydrogen-bond acceptors (Lipinski definition) is 5. The fourth-order valence-electron chi connectivity index (χ4n) is 3.21. The Morgan fingerprint density at radius 2 is 1.73 bits per heavy atom. The highest BCUT2D eigenvalue weighted by atomic mass is 32.2. The number of nitrogens with zero attached hydrogens (tertiary/aromatic N) is 1. The zero-order valence-electron chi connectivity index (χ0n) is 16.7. The van der Waals surface area contributed by atoms with Gasteiger partial charge in [-0.25, -0.2) is 13.4 Å². The summed E-state index contributed by atoms with van der Waals surface area (Å²) < 4.78 is 33.6. The van der Waals surface area contributed by atoms with Crippen LogP contribution in [0.3, 0.4) is 0 Å². The molecule has 146 valence electrons. The smallest absolute Gasteiger partial charge is 0.210 e. The second kappa shape index (κ2) is 8.08. The summed E-state index contributed by atoms with van der Waals surface area (Å²) in [6.07, 6.45) is 0. The van der Waals surface area contributed by atoms with Gasteiger partial charge < -0.3 is 4.43 Å².